The summed E-state index contributed by atoms with van der Waals surface area (Å²) in [6, 6.07) is 0. The first-order chi connectivity index (χ1) is 3.15. The third-order valence-electron chi connectivity index (χ3n) is 0. The Bertz CT molecular complexity index is 19.7. The Kier molecular flexibility index (Phi) is 31.6. The van der Waals surface area contributed by atoms with E-state index < -0.39 is 0 Å². The molecule has 0 atom stereocenters. The molecule has 0 spiro atoms. The van der Waals surface area contributed by atoms with Gasteiger partial charge in [0.05, 0.1) is 0 Å². The van der Waals surface area contributed by atoms with Gasteiger partial charge >= 0.3 is 0 Å². The monoisotopic (exact) mass is 278 g/mol. The van der Waals surface area contributed by atoms with Crippen LogP contribution in [0.15, 0.2) is 0 Å². The topological polar surface area (TPSA) is 20.2 Å². The molecule has 2 heteroatoms. The Labute approximate surface area is 81.7 Å². The minimum absolute atomic E-state index is 0. The second-order valence-electron chi connectivity index (χ2n) is 1.82. The van der Waals surface area contributed by atoms with E-state index in [0.717, 1.165) is 0 Å². The maximum atomic E-state index is 7.57. The fourth-order valence-electron chi connectivity index (χ4n) is 0. The van der Waals surface area contributed by atoms with Gasteiger partial charge in [-0.1, -0.05) is 0 Å². The average molecular weight is 278 g/mol. The molecule has 61 valence electrons. The standard InChI is InChI=1S/C4H9.C2H6O.Lu/c1-4(2)3;1-2-3;/h1-3H3;3H,2H2,1H3;/q-1;;. The van der Waals surface area contributed by atoms with Crippen molar-refractivity contribution >= 4 is 0 Å². The Hall–Kier alpha value is 1.19. The molecule has 0 heterocycles. The molecule has 0 aromatic rings. The van der Waals surface area contributed by atoms with Crippen LogP contribution in [0.2, 0.25) is 0 Å². The Balaban J connectivity index is -0.0000000575. The van der Waals surface area contributed by atoms with Gasteiger partial charge in [-0.25, -0.2) is 0 Å². The zero-order valence-corrected chi connectivity index (χ0v) is 7.57. The first kappa shape index (κ1) is 16.1. The Morgan fingerprint density at radius 1 is 1.25 bits per heavy atom. The van der Waals surface area contributed by atoms with Gasteiger partial charge in [-0.15, -0.1) is 0 Å². The fraction of sp³-hybridized carbons (Fsp3) is 0.833. The van der Waals surface area contributed by atoms with Gasteiger partial charge in [-0.05, 0) is 6.92 Å². The van der Waals surface area contributed by atoms with Crippen molar-refractivity contribution in [3.05, 3.63) is 5.92 Å². The largest absolute Gasteiger partial charge is 0.397 e. The van der Waals surface area contributed by atoms with Gasteiger partial charge in [0.15, 0.2) is 0 Å². The molecule has 1 nitrogen and oxygen atoms in total. The Morgan fingerprint density at radius 3 is 1.25 bits per heavy atom. The van der Waals surface area contributed by atoms with Gasteiger partial charge in [0.1, 0.15) is 0 Å². The van der Waals surface area contributed by atoms with Crippen molar-refractivity contribution in [2.45, 2.75) is 27.7 Å². The van der Waals surface area contributed by atoms with Crippen LogP contribution >= 0.6 is 0 Å². The number of aliphatic hydroxyl groups excluding tert-OH is 1. The summed E-state index contributed by atoms with van der Waals surface area (Å²) in [4.78, 5) is 0. The first-order valence-electron chi connectivity index (χ1n) is 2.52. The molecular weight excluding hydrogens is 263 g/mol. The third-order valence-corrected chi connectivity index (χ3v) is 0. The van der Waals surface area contributed by atoms with Crippen LogP contribution in [0, 0.1) is 42.8 Å². The van der Waals surface area contributed by atoms with Crippen LogP contribution in [0.25, 0.3) is 0 Å². The number of hydrogen-bond acceptors (Lipinski definition) is 1. The summed E-state index contributed by atoms with van der Waals surface area (Å²) in [5.41, 5.74) is 0. The van der Waals surface area contributed by atoms with Crippen LogP contribution in [-0.2, 0) is 0 Å². The van der Waals surface area contributed by atoms with E-state index in [2.05, 4.69) is 20.8 Å². The van der Waals surface area contributed by atoms with Crippen molar-refractivity contribution in [2.75, 3.05) is 6.61 Å². The molecule has 1 N–H and O–H groups in total. The molecule has 0 aliphatic carbocycles. The van der Waals surface area contributed by atoms with Crippen molar-refractivity contribution in [1.82, 2.24) is 0 Å². The van der Waals surface area contributed by atoms with Gasteiger partial charge in [-0.2, -0.15) is 20.8 Å². The van der Waals surface area contributed by atoms with E-state index in [0.29, 0.717) is 0 Å². The van der Waals surface area contributed by atoms with Gasteiger partial charge in [0, 0.05) is 43.5 Å². The smallest absolute Gasteiger partial charge is 0.0402 e. The van der Waals surface area contributed by atoms with Crippen LogP contribution < -0.4 is 0 Å². The second-order valence-corrected chi connectivity index (χ2v) is 1.82. The molecular formula is C6H15LuO-. The van der Waals surface area contributed by atoms with E-state index >= 15 is 0 Å². The zero-order chi connectivity index (χ0) is 6.28. The van der Waals surface area contributed by atoms with Crippen molar-refractivity contribution in [3.63, 3.8) is 0 Å². The molecule has 0 aliphatic heterocycles. The van der Waals surface area contributed by atoms with E-state index in [4.69, 9.17) is 5.11 Å². The maximum Gasteiger partial charge on any atom is 0.0402 e. The summed E-state index contributed by atoms with van der Waals surface area (Å²) in [7, 11) is 0. The van der Waals surface area contributed by atoms with E-state index in [1.807, 2.05) is 0 Å². The van der Waals surface area contributed by atoms with E-state index in [1.54, 1.807) is 6.92 Å². The van der Waals surface area contributed by atoms with Gasteiger partial charge in [0.25, 0.3) is 0 Å². The summed E-state index contributed by atoms with van der Waals surface area (Å²) >= 11 is 0. The minimum atomic E-state index is 0. The first-order valence-corrected chi connectivity index (χ1v) is 2.52. The SMILES string of the molecule is CCO.C[C-](C)C.[Lu]. The summed E-state index contributed by atoms with van der Waals surface area (Å²) < 4.78 is 0. The molecule has 0 rings (SSSR count). The molecule has 0 saturated heterocycles. The van der Waals surface area contributed by atoms with Crippen LogP contribution in [0.4, 0.5) is 0 Å². The third kappa shape index (κ3) is 194. The van der Waals surface area contributed by atoms with Crippen molar-refractivity contribution in [2.24, 2.45) is 0 Å². The van der Waals surface area contributed by atoms with Gasteiger partial charge in [0.2, 0.25) is 0 Å². The quantitative estimate of drug-likeness (QED) is 0.668. The van der Waals surface area contributed by atoms with Crippen LogP contribution in [0.3, 0.4) is 0 Å². The molecule has 0 amide bonds. The molecule has 0 bridgehead atoms. The number of rotatable bonds is 0. The number of aliphatic hydroxyl groups is 1. The molecule has 0 aromatic heterocycles. The molecule has 0 unspecified atom stereocenters. The molecule has 1 radical (unpaired) electrons. The van der Waals surface area contributed by atoms with Crippen molar-refractivity contribution in [3.8, 4) is 0 Å². The number of hydrogen-bond donors (Lipinski definition) is 1. The van der Waals surface area contributed by atoms with E-state index in [9.17, 15) is 0 Å². The van der Waals surface area contributed by atoms with Crippen molar-refractivity contribution in [1.29, 1.82) is 0 Å². The summed E-state index contributed by atoms with van der Waals surface area (Å²) in [5, 5.41) is 7.57. The zero-order valence-electron chi connectivity index (χ0n) is 5.91. The molecule has 0 fully saturated rings. The summed E-state index contributed by atoms with van der Waals surface area (Å²) in [5.74, 6) is 1.42. The maximum absolute atomic E-state index is 7.57. The second kappa shape index (κ2) is 15.7. The van der Waals surface area contributed by atoms with Crippen LogP contribution in [-0.4, -0.2) is 11.7 Å². The predicted octanol–water partition coefficient (Wildman–Crippen LogP) is 1.62. The fourth-order valence-corrected chi connectivity index (χ4v) is 0. The molecule has 0 aliphatic rings. The minimum Gasteiger partial charge on any atom is -0.397 e. The van der Waals surface area contributed by atoms with Crippen LogP contribution in [0.5, 0.6) is 0 Å². The average Bonchev–Trinajstić information content (AvgIpc) is 1.33. The molecule has 8 heavy (non-hydrogen) atoms. The summed E-state index contributed by atoms with van der Waals surface area (Å²) in [6.45, 7) is 8.18. The predicted molar refractivity (Wildman–Crippen MR) is 33.0 cm³/mol. The van der Waals surface area contributed by atoms with Crippen LogP contribution in [0.1, 0.15) is 27.7 Å². The normalized spacial score (nSPS) is 6.75. The Morgan fingerprint density at radius 2 is 1.25 bits per heavy atom. The van der Waals surface area contributed by atoms with E-state index in [-0.39, 0.29) is 43.5 Å². The van der Waals surface area contributed by atoms with Gasteiger partial charge in [-0.3, -0.25) is 0 Å². The van der Waals surface area contributed by atoms with Gasteiger partial charge < -0.3 is 11.0 Å². The molecule has 0 saturated carbocycles. The van der Waals surface area contributed by atoms with Crippen molar-refractivity contribution < 1.29 is 42.0 Å². The molecule has 0 aromatic carbocycles. The van der Waals surface area contributed by atoms with E-state index in [1.165, 1.54) is 5.92 Å². The summed E-state index contributed by atoms with van der Waals surface area (Å²) in [6.07, 6.45) is 0.